The smallest absolute Gasteiger partial charge is 0.225 e. The predicted molar refractivity (Wildman–Crippen MR) is 111 cm³/mol. The van der Waals surface area contributed by atoms with Crippen molar-refractivity contribution in [3.8, 4) is 17.2 Å². The molecule has 0 saturated heterocycles. The maximum absolute atomic E-state index is 12.2. The van der Waals surface area contributed by atoms with Crippen LogP contribution in [-0.2, 0) is 9.84 Å². The molecule has 0 saturated carbocycles. The number of hydrogen-bond acceptors (Lipinski definition) is 9. The molecule has 0 amide bonds. The average molecular weight is 425 g/mol. The van der Waals surface area contributed by atoms with Gasteiger partial charge in [-0.25, -0.2) is 13.4 Å². The fourth-order valence-corrected chi connectivity index (χ4v) is 3.48. The van der Waals surface area contributed by atoms with Crippen molar-refractivity contribution in [3.05, 3.63) is 23.9 Å². The lowest BCUT2D eigenvalue weighted by atomic mass is 10.0. The van der Waals surface area contributed by atoms with Crippen molar-refractivity contribution in [1.29, 1.82) is 0 Å². The lowest BCUT2D eigenvalue weighted by Gasteiger charge is -2.18. The zero-order chi connectivity index (χ0) is 21.8. The summed E-state index contributed by atoms with van der Waals surface area (Å²) in [6, 6.07) is 2.89. The van der Waals surface area contributed by atoms with Crippen molar-refractivity contribution in [2.75, 3.05) is 31.0 Å². The normalized spacial score (nSPS) is 12.7. The van der Waals surface area contributed by atoms with E-state index in [1.165, 1.54) is 19.4 Å². The second-order valence-corrected chi connectivity index (χ2v) is 8.93. The second-order valence-electron chi connectivity index (χ2n) is 6.95. The van der Waals surface area contributed by atoms with Crippen LogP contribution >= 0.6 is 0 Å². The number of benzene rings is 1. The van der Waals surface area contributed by atoms with E-state index in [0.29, 0.717) is 12.2 Å². The van der Waals surface area contributed by atoms with E-state index in [9.17, 15) is 13.5 Å². The molecule has 1 aromatic heterocycles. The summed E-state index contributed by atoms with van der Waals surface area (Å²) in [6.45, 7) is 5.77. The van der Waals surface area contributed by atoms with Crippen LogP contribution in [-0.4, -0.2) is 49.5 Å². The number of nitrogens with zero attached hydrogens (tertiary/aromatic N) is 2. The highest BCUT2D eigenvalue weighted by Crippen LogP contribution is 2.39. The van der Waals surface area contributed by atoms with E-state index in [1.54, 1.807) is 6.07 Å². The van der Waals surface area contributed by atoms with Gasteiger partial charge in [0.25, 0.3) is 0 Å². The van der Waals surface area contributed by atoms with Crippen LogP contribution < -0.4 is 20.5 Å². The van der Waals surface area contributed by atoms with E-state index in [-0.39, 0.29) is 46.7 Å². The Morgan fingerprint density at radius 3 is 2.41 bits per heavy atom. The number of nitrogens with two attached hydrogens (primary N) is 1. The molecular weight excluding hydrogens is 396 g/mol. The van der Waals surface area contributed by atoms with E-state index >= 15 is 0 Å². The van der Waals surface area contributed by atoms with Crippen molar-refractivity contribution >= 4 is 21.6 Å². The van der Waals surface area contributed by atoms with Gasteiger partial charge in [0.1, 0.15) is 16.4 Å². The zero-order valence-corrected chi connectivity index (χ0v) is 18.1. The highest BCUT2D eigenvalue weighted by molar-refractivity contribution is 7.90. The Morgan fingerprint density at radius 1 is 1.24 bits per heavy atom. The van der Waals surface area contributed by atoms with E-state index in [4.69, 9.17) is 15.2 Å². The van der Waals surface area contributed by atoms with Crippen molar-refractivity contribution in [2.45, 2.75) is 44.0 Å². The number of anilines is 2. The van der Waals surface area contributed by atoms with Crippen molar-refractivity contribution in [2.24, 2.45) is 0 Å². The number of rotatable bonds is 9. The molecule has 10 heteroatoms. The number of ether oxygens (including phenoxy) is 2. The van der Waals surface area contributed by atoms with Gasteiger partial charge >= 0.3 is 0 Å². The third-order valence-electron chi connectivity index (χ3n) is 4.37. The minimum absolute atomic E-state index is 0.0194. The molecule has 160 valence electrons. The maximum Gasteiger partial charge on any atom is 0.225 e. The van der Waals surface area contributed by atoms with Crippen LogP contribution in [0, 0.1) is 0 Å². The van der Waals surface area contributed by atoms with Gasteiger partial charge in [-0.05, 0) is 18.4 Å². The summed E-state index contributed by atoms with van der Waals surface area (Å²) in [5.74, 6) is 1.17. The summed E-state index contributed by atoms with van der Waals surface area (Å²) < 4.78 is 35.5. The molecule has 1 atom stereocenters. The van der Waals surface area contributed by atoms with Gasteiger partial charge in [0.2, 0.25) is 5.95 Å². The Kier molecular flexibility index (Phi) is 7.26. The Bertz CT molecular complexity index is 959. The van der Waals surface area contributed by atoms with E-state index in [0.717, 1.165) is 11.8 Å². The van der Waals surface area contributed by atoms with Gasteiger partial charge in [0.05, 0.1) is 26.0 Å². The molecule has 1 aromatic carbocycles. The molecule has 0 bridgehead atoms. The summed E-state index contributed by atoms with van der Waals surface area (Å²) in [5, 5.41) is 12.3. The Morgan fingerprint density at radius 2 is 1.93 bits per heavy atom. The number of aliphatic hydroxyl groups excluding tert-OH is 1. The number of nitrogens with one attached hydrogen (secondary N) is 1. The molecule has 0 fully saturated rings. The topological polar surface area (TPSA) is 137 Å². The molecule has 1 heterocycles. The van der Waals surface area contributed by atoms with Gasteiger partial charge in [-0.1, -0.05) is 20.8 Å². The van der Waals surface area contributed by atoms with Gasteiger partial charge < -0.3 is 25.6 Å². The van der Waals surface area contributed by atoms with Crippen LogP contribution in [0.1, 0.15) is 38.7 Å². The van der Waals surface area contributed by atoms with Crippen LogP contribution in [0.5, 0.6) is 17.2 Å². The summed E-state index contributed by atoms with van der Waals surface area (Å²) in [5.41, 5.74) is 6.76. The van der Waals surface area contributed by atoms with Gasteiger partial charge in [-0.2, -0.15) is 4.98 Å². The molecule has 0 aliphatic heterocycles. The molecule has 4 N–H and O–H groups in total. The summed E-state index contributed by atoms with van der Waals surface area (Å²) in [4.78, 5) is 8.35. The number of aromatic nitrogens is 2. The van der Waals surface area contributed by atoms with E-state index in [2.05, 4.69) is 15.3 Å². The molecule has 0 aliphatic carbocycles. The van der Waals surface area contributed by atoms with Crippen LogP contribution in [0.3, 0.4) is 0 Å². The Hall–Kier alpha value is -2.59. The molecule has 2 aromatic rings. The summed E-state index contributed by atoms with van der Waals surface area (Å²) in [6.07, 6.45) is 3.20. The van der Waals surface area contributed by atoms with Gasteiger partial charge in [0, 0.05) is 17.9 Å². The summed E-state index contributed by atoms with van der Waals surface area (Å²) >= 11 is 0. The molecule has 0 radical (unpaired) electrons. The summed E-state index contributed by atoms with van der Waals surface area (Å²) in [7, 11) is -2.12. The molecule has 0 spiro atoms. The Labute approximate surface area is 171 Å². The fraction of sp³-hybridized carbons (Fsp3) is 0.474. The van der Waals surface area contributed by atoms with Gasteiger partial charge in [-0.15, -0.1) is 0 Å². The van der Waals surface area contributed by atoms with Crippen LogP contribution in [0.2, 0.25) is 0 Å². The van der Waals surface area contributed by atoms with Crippen LogP contribution in [0.4, 0.5) is 11.8 Å². The second kappa shape index (κ2) is 9.27. The van der Waals surface area contributed by atoms with E-state index < -0.39 is 9.84 Å². The first-order valence-electron chi connectivity index (χ1n) is 9.20. The third-order valence-corrected chi connectivity index (χ3v) is 5.48. The standard InChI is InChI=1S/C19H28N4O5S/c1-6-12(10-24)22-19-21-9-16(18(20)23-19)28-14-8-17(29(5,25)26)15(27-4)7-13(14)11(2)3/h7-9,11-12,24H,6,10H2,1-5H3,(H3,20,21,22,23). The lowest BCUT2D eigenvalue weighted by molar-refractivity contribution is 0.271. The third kappa shape index (κ3) is 5.48. The fourth-order valence-electron chi connectivity index (χ4n) is 2.66. The molecular formula is C19H28N4O5S. The van der Waals surface area contributed by atoms with Crippen LogP contribution in [0.25, 0.3) is 0 Å². The minimum atomic E-state index is -3.54. The van der Waals surface area contributed by atoms with Crippen molar-refractivity contribution < 1.29 is 23.0 Å². The zero-order valence-electron chi connectivity index (χ0n) is 17.3. The SMILES string of the molecule is CCC(CO)Nc1ncc(Oc2cc(S(C)(=O)=O)c(OC)cc2C(C)C)c(N)n1. The number of nitrogen functional groups attached to an aromatic ring is 1. The number of hydrogen-bond donors (Lipinski definition) is 3. The maximum atomic E-state index is 12.2. The minimum Gasteiger partial charge on any atom is -0.495 e. The molecule has 29 heavy (non-hydrogen) atoms. The first kappa shape index (κ1) is 22.7. The molecule has 1 unspecified atom stereocenters. The number of sulfone groups is 1. The number of aliphatic hydroxyl groups is 1. The molecule has 0 aliphatic rings. The highest BCUT2D eigenvalue weighted by atomic mass is 32.2. The first-order valence-corrected chi connectivity index (χ1v) is 11.1. The van der Waals surface area contributed by atoms with Crippen molar-refractivity contribution in [1.82, 2.24) is 9.97 Å². The van der Waals surface area contributed by atoms with Gasteiger partial charge in [0.15, 0.2) is 21.4 Å². The Balaban J connectivity index is 2.45. The van der Waals surface area contributed by atoms with Gasteiger partial charge in [-0.3, -0.25) is 0 Å². The quantitative estimate of drug-likeness (QED) is 0.554. The first-order chi connectivity index (χ1) is 13.6. The lowest BCUT2D eigenvalue weighted by Crippen LogP contribution is -2.24. The molecule has 2 rings (SSSR count). The monoisotopic (exact) mass is 424 g/mol. The van der Waals surface area contributed by atoms with Crippen LogP contribution in [0.15, 0.2) is 23.2 Å². The molecule has 9 nitrogen and oxygen atoms in total. The van der Waals surface area contributed by atoms with E-state index in [1.807, 2.05) is 20.8 Å². The number of methoxy groups -OCH3 is 1. The average Bonchev–Trinajstić information content (AvgIpc) is 2.66. The predicted octanol–water partition coefficient (Wildman–Crippen LogP) is 2.57. The largest absolute Gasteiger partial charge is 0.495 e. The highest BCUT2D eigenvalue weighted by Gasteiger charge is 2.21. The van der Waals surface area contributed by atoms with Crippen molar-refractivity contribution in [3.63, 3.8) is 0 Å².